The van der Waals surface area contributed by atoms with Gasteiger partial charge in [0.1, 0.15) is 0 Å². The number of fused-ring (bicyclic) bond motifs is 4. The summed E-state index contributed by atoms with van der Waals surface area (Å²) in [6.07, 6.45) is 28.3. The summed E-state index contributed by atoms with van der Waals surface area (Å²) in [7, 11) is 0. The first-order valence-corrected chi connectivity index (χ1v) is 44.7. The van der Waals surface area contributed by atoms with Crippen molar-refractivity contribution < 1.29 is 28.8 Å². The molecule has 7 aromatic rings. The fourth-order valence-corrected chi connectivity index (χ4v) is 19.0. The van der Waals surface area contributed by atoms with E-state index < -0.39 is 0 Å². The molecule has 14 N–H and O–H groups in total. The third-order valence-electron chi connectivity index (χ3n) is 25.5. The number of amides is 6. The van der Waals surface area contributed by atoms with Crippen LogP contribution >= 0.6 is 11.6 Å². The second-order valence-corrected chi connectivity index (χ2v) is 34.5. The van der Waals surface area contributed by atoms with Crippen LogP contribution in [-0.2, 0) is 19.2 Å². The Morgan fingerprint density at radius 3 is 1.44 bits per heavy atom. The van der Waals surface area contributed by atoms with E-state index in [0.717, 1.165) is 135 Å². The van der Waals surface area contributed by atoms with E-state index in [1.54, 1.807) is 12.2 Å². The highest BCUT2D eigenvalue weighted by molar-refractivity contribution is 6.30. The fourth-order valence-electron chi connectivity index (χ4n) is 18.9. The Hall–Kier alpha value is -9.71. The summed E-state index contributed by atoms with van der Waals surface area (Å²) in [5.74, 6) is 3.68. The van der Waals surface area contributed by atoms with Crippen LogP contribution in [0.3, 0.4) is 0 Å². The molecule has 0 aromatic heterocycles. The van der Waals surface area contributed by atoms with Crippen LogP contribution in [-0.4, -0.2) is 195 Å². The molecule has 6 amide bonds. The summed E-state index contributed by atoms with van der Waals surface area (Å²) >= 11 is 5.98. The molecule has 7 aliphatic rings. The number of aliphatic imine (C=N–C) groups is 2. The summed E-state index contributed by atoms with van der Waals surface area (Å²) in [6.45, 7) is 10.1. The number of hydrogen-bond acceptors (Lipinski definition) is 12. The number of piperidine rings is 1. The van der Waals surface area contributed by atoms with Gasteiger partial charge in [-0.1, -0.05) is 190 Å². The number of halogens is 1. The number of likely N-dealkylation sites (tertiary alicyclic amines) is 1. The lowest BCUT2D eigenvalue weighted by molar-refractivity contribution is -0.133. The maximum Gasteiger partial charge on any atom is 0.251 e. The highest BCUT2D eigenvalue weighted by Gasteiger charge is 2.41. The van der Waals surface area contributed by atoms with Crippen molar-refractivity contribution in [1.29, 1.82) is 0 Å². The van der Waals surface area contributed by atoms with Crippen molar-refractivity contribution in [2.24, 2.45) is 56.6 Å². The summed E-state index contributed by atoms with van der Waals surface area (Å²) in [5, 5.41) is 25.0. The van der Waals surface area contributed by atoms with E-state index in [-0.39, 0.29) is 89.5 Å². The van der Waals surface area contributed by atoms with Gasteiger partial charge in [-0.15, -0.1) is 0 Å². The minimum atomic E-state index is -0.300. The first kappa shape index (κ1) is 88.6. The number of nitrogens with one attached hydrogen (secondary N) is 6. The van der Waals surface area contributed by atoms with E-state index in [0.29, 0.717) is 94.3 Å². The lowest BCUT2D eigenvalue weighted by Crippen LogP contribution is -2.49. The summed E-state index contributed by atoms with van der Waals surface area (Å²) in [5.41, 5.74) is 26.5. The maximum atomic E-state index is 14.1. The lowest BCUT2D eigenvalue weighted by Gasteiger charge is -2.30. The minimum Gasteiger partial charge on any atom is -0.370 e. The Kier molecular flexibility index (Phi) is 34.4. The van der Waals surface area contributed by atoms with Crippen molar-refractivity contribution in [3.63, 3.8) is 0 Å². The molecule has 2 bridgehead atoms. The quantitative estimate of drug-likeness (QED) is 0.00812. The molecular formula is C96H129ClN16O6. The van der Waals surface area contributed by atoms with Crippen LogP contribution < -0.4 is 54.8 Å². The van der Waals surface area contributed by atoms with Crippen molar-refractivity contribution in [3.05, 3.63) is 209 Å². The summed E-state index contributed by atoms with van der Waals surface area (Å²) in [4.78, 5) is 96.6. The predicted octanol–water partition coefficient (Wildman–Crippen LogP) is 12.3. The van der Waals surface area contributed by atoms with Crippen LogP contribution in [0.25, 0.3) is 27.6 Å². The Morgan fingerprint density at radius 1 is 0.462 bits per heavy atom. The molecule has 3 unspecified atom stereocenters. The molecule has 3 aliphatic carbocycles. The Labute approximate surface area is 709 Å². The second-order valence-electron chi connectivity index (χ2n) is 34.1. The summed E-state index contributed by atoms with van der Waals surface area (Å²) in [6, 6.07) is 55.1. The molecule has 14 rings (SSSR count). The lowest BCUT2D eigenvalue weighted by atomic mass is 9.86. The van der Waals surface area contributed by atoms with E-state index in [9.17, 15) is 28.8 Å². The number of benzene rings is 7. The highest BCUT2D eigenvalue weighted by Crippen LogP contribution is 2.49. The molecule has 0 radical (unpaired) electrons. The zero-order chi connectivity index (χ0) is 83.1. The van der Waals surface area contributed by atoms with E-state index in [4.69, 9.17) is 34.5 Å². The smallest absolute Gasteiger partial charge is 0.251 e. The Bertz CT molecular complexity index is 4430. The fraction of sp³-hybridized carbons (Fsp3) is 0.500. The normalized spacial score (nSPS) is 22.4. The van der Waals surface area contributed by atoms with E-state index >= 15 is 0 Å². The third-order valence-corrected chi connectivity index (χ3v) is 25.8. The van der Waals surface area contributed by atoms with Gasteiger partial charge >= 0.3 is 0 Å². The van der Waals surface area contributed by atoms with Gasteiger partial charge < -0.3 is 74.4 Å². The SMILES string of the molecule is NC(N)=NCCC[C@@H]1N[C@H](CNC(=O)c2ccc3ccccc3c2)CCN(CCC2CC3CCC2C3)C1=O.NC(N)=NCCC[C@@H]1N[C@H](CNC(=O)c2ccc3ccccc3c2)CCN(CCC2CCCCC2)C1=O.O=C(/C=C/c1ccc(Cl)cc1)NC[C@@H]1CCN(CC(c2ccccc2)c2ccccc2)C(=O)[C@H](CCCN2CCCCC2)N1. The van der Waals surface area contributed by atoms with Crippen molar-refractivity contribution >= 4 is 86.6 Å². The number of hydrogen-bond donors (Lipinski definition) is 10. The molecule has 0 spiro atoms. The van der Waals surface area contributed by atoms with Crippen LogP contribution in [0.1, 0.15) is 191 Å². The number of rotatable bonds is 32. The van der Waals surface area contributed by atoms with Crippen molar-refractivity contribution in [3.8, 4) is 0 Å². The van der Waals surface area contributed by atoms with Gasteiger partial charge in [-0.25, -0.2) is 0 Å². The molecule has 23 heteroatoms. The van der Waals surface area contributed by atoms with E-state index in [1.165, 1.54) is 88.2 Å². The van der Waals surface area contributed by atoms with Gasteiger partial charge in [0, 0.05) is 118 Å². The van der Waals surface area contributed by atoms with Crippen LogP contribution in [0.15, 0.2) is 186 Å². The van der Waals surface area contributed by atoms with Crippen molar-refractivity contribution in [2.75, 3.05) is 91.6 Å². The highest BCUT2D eigenvalue weighted by atomic mass is 35.5. The molecule has 9 atom stereocenters. The predicted molar refractivity (Wildman–Crippen MR) is 481 cm³/mol. The molecule has 7 aromatic carbocycles. The summed E-state index contributed by atoms with van der Waals surface area (Å²) < 4.78 is 0. The van der Waals surface area contributed by atoms with E-state index in [2.05, 4.69) is 105 Å². The van der Waals surface area contributed by atoms with Gasteiger partial charge in [0.15, 0.2) is 11.9 Å². The number of nitrogens with zero attached hydrogens (tertiary/aromatic N) is 6. The van der Waals surface area contributed by atoms with Gasteiger partial charge in [0.2, 0.25) is 23.6 Å². The van der Waals surface area contributed by atoms with Crippen LogP contribution in [0.4, 0.5) is 0 Å². The molecule has 4 heterocycles. The molecule has 7 fully saturated rings. The zero-order valence-corrected chi connectivity index (χ0v) is 70.4. The van der Waals surface area contributed by atoms with Crippen LogP contribution in [0, 0.1) is 23.7 Å². The van der Waals surface area contributed by atoms with Gasteiger partial charge in [0.05, 0.1) is 18.1 Å². The van der Waals surface area contributed by atoms with E-state index in [1.807, 2.05) is 126 Å². The molecular weight excluding hydrogens is 1510 g/mol. The first-order chi connectivity index (χ1) is 58.0. The molecule has 636 valence electrons. The topological polar surface area (TPSA) is 316 Å². The van der Waals surface area contributed by atoms with Gasteiger partial charge in [-0.2, -0.15) is 0 Å². The average molecular weight is 1640 g/mol. The van der Waals surface area contributed by atoms with Crippen LogP contribution in [0.5, 0.6) is 0 Å². The molecule has 4 saturated heterocycles. The monoisotopic (exact) mass is 1640 g/mol. The number of carbonyl (C=O) groups excluding carboxylic acids is 6. The third kappa shape index (κ3) is 27.7. The zero-order valence-electron chi connectivity index (χ0n) is 69.7. The average Bonchev–Trinajstić information content (AvgIpc) is 1.79. The standard InChI is InChI=1S/C37H45ClN4O2.C30H42N6O2.C29H42N6O2/c38-32-19-16-29(17-20-32)18-21-36(43)39-27-33-22-26-42(37(44)35(40-33)15-10-25-41-23-8-3-9-24-41)28-34(30-11-4-1-5-12-30)31-13-6-2-7-14-31;31-30(32)33-13-3-6-27-29(38)36(14-11-24-17-20-7-8-23(24)16-20)15-12-26(35-27)19-34-28(37)25-10-9-21-4-1-2-5-22(21)18-25;30-29(31)32-16-6-11-26-28(37)35(17-14-21-7-2-1-3-8-21)18-15-25(34-26)20-33-27(36)24-13-12-22-9-4-5-10-23(22)19-24/h1-2,4-7,11-14,16-21,33-35,40H,3,8-10,15,22-28H2,(H,39,43);1-2,4-5,9-10,18,20,23-24,26-27,35H,3,6-8,11-17,19H2,(H,34,37)(H4,31,32,33);4-5,9-10,12-13,19,21,25-26,34H,1-3,6-8,11,14-18,20H2,(H,33,36)(H4,30,31,32)/b21-18+;;/t33-,35-;20?,23?,24?,26-,27-;25-,26-/m000/s1. The minimum absolute atomic E-state index is 0.00344. The molecule has 4 aliphatic heterocycles. The first-order valence-electron chi connectivity index (χ1n) is 44.3. The number of guanidine groups is 2. The molecule has 22 nitrogen and oxygen atoms in total. The van der Waals surface area contributed by atoms with Gasteiger partial charge in [-0.3, -0.25) is 38.8 Å². The van der Waals surface area contributed by atoms with Crippen LogP contribution in [0.2, 0.25) is 5.02 Å². The largest absolute Gasteiger partial charge is 0.370 e. The second kappa shape index (κ2) is 46.2. The van der Waals surface area contributed by atoms with Gasteiger partial charge in [0.25, 0.3) is 11.8 Å². The van der Waals surface area contributed by atoms with Crippen molar-refractivity contribution in [2.45, 2.75) is 190 Å². The molecule has 3 saturated carbocycles. The molecule has 119 heavy (non-hydrogen) atoms. The van der Waals surface area contributed by atoms with Gasteiger partial charge in [-0.05, 0) is 227 Å². The Balaban J connectivity index is 0.000000165. The Morgan fingerprint density at radius 2 is 0.933 bits per heavy atom. The number of carbonyl (C=O) groups is 6. The number of nitrogens with two attached hydrogens (primary N) is 4. The van der Waals surface area contributed by atoms with Crippen molar-refractivity contribution in [1.82, 2.24) is 51.5 Å². The maximum absolute atomic E-state index is 14.1.